The van der Waals surface area contributed by atoms with Crippen molar-refractivity contribution >= 4 is 16.0 Å². The largest absolute Gasteiger partial charge is 0.462 e. The van der Waals surface area contributed by atoms with Gasteiger partial charge in [-0.3, -0.25) is 4.79 Å². The van der Waals surface area contributed by atoms with Crippen LogP contribution in [-0.2, 0) is 29.0 Å². The van der Waals surface area contributed by atoms with E-state index in [-0.39, 0.29) is 24.7 Å². The zero-order valence-electron chi connectivity index (χ0n) is 15.7. The standard InChI is InChI=1S/C15H32N2O6S/c1-10(21-6)13(16)14(18)22-9-12(8-17-24(7,19)20)23-11(2)15(3,4)5/h10-13,17H,8-9,16H2,1-7H3/t10-,11+,12+,13+/m1/s1. The smallest absolute Gasteiger partial charge is 0.325 e. The van der Waals surface area contributed by atoms with Crippen molar-refractivity contribution in [3.05, 3.63) is 0 Å². The first kappa shape index (κ1) is 23.3. The van der Waals surface area contributed by atoms with Crippen molar-refractivity contribution in [2.45, 2.75) is 59.0 Å². The Morgan fingerprint density at radius 2 is 1.79 bits per heavy atom. The van der Waals surface area contributed by atoms with Gasteiger partial charge >= 0.3 is 5.97 Å². The van der Waals surface area contributed by atoms with E-state index in [1.807, 2.05) is 27.7 Å². The van der Waals surface area contributed by atoms with E-state index in [1.54, 1.807) is 6.92 Å². The summed E-state index contributed by atoms with van der Waals surface area (Å²) in [6.45, 7) is 9.44. The van der Waals surface area contributed by atoms with E-state index in [0.29, 0.717) is 0 Å². The summed E-state index contributed by atoms with van der Waals surface area (Å²) in [5.41, 5.74) is 5.57. The SMILES string of the molecule is CO[C@H](C)[C@H](N)C(=O)OC[C@H](CNS(C)(=O)=O)O[C@@H](C)C(C)(C)C. The van der Waals surface area contributed by atoms with Crippen molar-refractivity contribution in [2.24, 2.45) is 11.1 Å². The molecule has 3 N–H and O–H groups in total. The van der Waals surface area contributed by atoms with Gasteiger partial charge in [-0.25, -0.2) is 13.1 Å². The Labute approximate surface area is 145 Å². The van der Waals surface area contributed by atoms with Crippen LogP contribution in [0.5, 0.6) is 0 Å². The fourth-order valence-corrected chi connectivity index (χ4v) is 1.98. The summed E-state index contributed by atoms with van der Waals surface area (Å²) in [5.74, 6) is -0.624. The summed E-state index contributed by atoms with van der Waals surface area (Å²) >= 11 is 0. The highest BCUT2D eigenvalue weighted by Gasteiger charge is 2.27. The fourth-order valence-electron chi connectivity index (χ4n) is 1.49. The number of hydrogen-bond acceptors (Lipinski definition) is 7. The van der Waals surface area contributed by atoms with Crippen molar-refractivity contribution in [3.63, 3.8) is 0 Å². The number of ether oxygens (including phenoxy) is 3. The molecule has 0 bridgehead atoms. The quantitative estimate of drug-likeness (QED) is 0.531. The van der Waals surface area contributed by atoms with Gasteiger partial charge in [-0.05, 0) is 19.3 Å². The van der Waals surface area contributed by atoms with Gasteiger partial charge in [0.2, 0.25) is 10.0 Å². The second kappa shape index (κ2) is 9.67. The summed E-state index contributed by atoms with van der Waals surface area (Å²) in [6.07, 6.45) is -0.226. The lowest BCUT2D eigenvalue weighted by Crippen LogP contribution is -2.45. The van der Waals surface area contributed by atoms with Gasteiger partial charge in [0.15, 0.2) is 0 Å². The summed E-state index contributed by atoms with van der Waals surface area (Å²) in [6, 6.07) is -0.918. The second-order valence-corrected chi connectivity index (χ2v) is 8.82. The third kappa shape index (κ3) is 9.53. The molecular weight excluding hydrogens is 336 g/mol. The van der Waals surface area contributed by atoms with E-state index < -0.39 is 34.2 Å². The molecule has 0 heterocycles. The van der Waals surface area contributed by atoms with Crippen LogP contribution in [0.3, 0.4) is 0 Å². The van der Waals surface area contributed by atoms with Crippen LogP contribution >= 0.6 is 0 Å². The van der Waals surface area contributed by atoms with Crippen LogP contribution in [0.25, 0.3) is 0 Å². The molecule has 144 valence electrons. The lowest BCUT2D eigenvalue weighted by Gasteiger charge is -2.31. The Morgan fingerprint density at radius 3 is 2.21 bits per heavy atom. The highest BCUT2D eigenvalue weighted by Crippen LogP contribution is 2.22. The third-order valence-electron chi connectivity index (χ3n) is 3.75. The molecule has 0 aliphatic heterocycles. The molecule has 9 heteroatoms. The number of nitrogens with two attached hydrogens (primary N) is 1. The molecule has 0 aromatic carbocycles. The van der Waals surface area contributed by atoms with Gasteiger partial charge in [0.1, 0.15) is 18.8 Å². The molecule has 0 aromatic heterocycles. The molecule has 0 saturated heterocycles. The number of hydrogen-bond donors (Lipinski definition) is 2. The highest BCUT2D eigenvalue weighted by molar-refractivity contribution is 7.88. The first-order chi connectivity index (χ1) is 10.8. The van der Waals surface area contributed by atoms with E-state index in [9.17, 15) is 13.2 Å². The molecule has 0 aliphatic rings. The number of methoxy groups -OCH3 is 1. The van der Waals surface area contributed by atoms with Crippen molar-refractivity contribution in [1.82, 2.24) is 4.72 Å². The van der Waals surface area contributed by atoms with Gasteiger partial charge in [-0.2, -0.15) is 0 Å². The molecule has 0 aromatic rings. The van der Waals surface area contributed by atoms with Crippen molar-refractivity contribution in [2.75, 3.05) is 26.5 Å². The minimum Gasteiger partial charge on any atom is -0.462 e. The molecule has 0 radical (unpaired) electrons. The van der Waals surface area contributed by atoms with Crippen LogP contribution in [0.1, 0.15) is 34.6 Å². The topological polar surface area (TPSA) is 117 Å². The van der Waals surface area contributed by atoms with E-state index >= 15 is 0 Å². The van der Waals surface area contributed by atoms with Crippen LogP contribution in [0.2, 0.25) is 0 Å². The zero-order valence-corrected chi connectivity index (χ0v) is 16.5. The van der Waals surface area contributed by atoms with Crippen molar-refractivity contribution in [3.8, 4) is 0 Å². The van der Waals surface area contributed by atoms with Crippen LogP contribution in [-0.4, -0.2) is 65.3 Å². The van der Waals surface area contributed by atoms with Gasteiger partial charge < -0.3 is 19.9 Å². The number of carbonyl (C=O) groups is 1. The second-order valence-electron chi connectivity index (χ2n) is 6.98. The van der Waals surface area contributed by atoms with Crippen LogP contribution in [0, 0.1) is 5.41 Å². The lowest BCUT2D eigenvalue weighted by molar-refractivity contribution is -0.155. The minimum absolute atomic E-state index is 0.00159. The van der Waals surface area contributed by atoms with Crippen molar-refractivity contribution < 1.29 is 27.4 Å². The fraction of sp³-hybridized carbons (Fsp3) is 0.933. The Morgan fingerprint density at radius 1 is 1.25 bits per heavy atom. The molecule has 0 unspecified atom stereocenters. The van der Waals surface area contributed by atoms with E-state index in [1.165, 1.54) is 7.11 Å². The molecule has 0 spiro atoms. The minimum atomic E-state index is -3.38. The summed E-state index contributed by atoms with van der Waals surface area (Å²) in [4.78, 5) is 11.9. The van der Waals surface area contributed by atoms with E-state index in [4.69, 9.17) is 19.9 Å². The molecular formula is C15H32N2O6S. The number of rotatable bonds is 10. The van der Waals surface area contributed by atoms with Crippen LogP contribution in [0.4, 0.5) is 0 Å². The van der Waals surface area contributed by atoms with Gasteiger partial charge in [0, 0.05) is 13.7 Å². The number of nitrogens with one attached hydrogen (secondary N) is 1. The molecule has 0 aliphatic carbocycles. The Bertz CT molecular complexity index is 489. The number of esters is 1. The average molecular weight is 368 g/mol. The first-order valence-corrected chi connectivity index (χ1v) is 9.72. The lowest BCUT2D eigenvalue weighted by atomic mass is 9.90. The number of sulfonamides is 1. The summed E-state index contributed by atoms with van der Waals surface area (Å²) in [5, 5.41) is 0. The molecule has 0 rings (SSSR count). The maximum Gasteiger partial charge on any atom is 0.325 e. The Kier molecular flexibility index (Phi) is 9.37. The van der Waals surface area contributed by atoms with Crippen molar-refractivity contribution in [1.29, 1.82) is 0 Å². The van der Waals surface area contributed by atoms with Gasteiger partial charge in [-0.15, -0.1) is 0 Å². The maximum atomic E-state index is 11.9. The predicted octanol–water partition coefficient (Wildman–Crippen LogP) is 0.261. The molecule has 8 nitrogen and oxygen atoms in total. The first-order valence-electron chi connectivity index (χ1n) is 7.83. The Hall–Kier alpha value is -0.740. The average Bonchev–Trinajstić information content (AvgIpc) is 2.45. The van der Waals surface area contributed by atoms with E-state index in [0.717, 1.165) is 6.26 Å². The van der Waals surface area contributed by atoms with Crippen LogP contribution in [0.15, 0.2) is 0 Å². The molecule has 0 fully saturated rings. The van der Waals surface area contributed by atoms with Gasteiger partial charge in [0.25, 0.3) is 0 Å². The van der Waals surface area contributed by atoms with Gasteiger partial charge in [0.05, 0.1) is 18.5 Å². The number of carbonyl (C=O) groups excluding carboxylic acids is 1. The summed E-state index contributed by atoms with van der Waals surface area (Å²) < 4.78 is 40.9. The molecule has 0 amide bonds. The molecule has 24 heavy (non-hydrogen) atoms. The zero-order chi connectivity index (χ0) is 19.1. The monoisotopic (exact) mass is 368 g/mol. The Balaban J connectivity index is 4.78. The van der Waals surface area contributed by atoms with Crippen LogP contribution < -0.4 is 10.5 Å². The normalized spacial score (nSPS) is 17.8. The van der Waals surface area contributed by atoms with Gasteiger partial charge in [-0.1, -0.05) is 20.8 Å². The summed E-state index contributed by atoms with van der Waals surface area (Å²) in [7, 11) is -1.93. The predicted molar refractivity (Wildman–Crippen MR) is 92.0 cm³/mol. The molecule has 0 saturated carbocycles. The molecule has 4 atom stereocenters. The van der Waals surface area contributed by atoms with E-state index in [2.05, 4.69) is 4.72 Å². The third-order valence-corrected chi connectivity index (χ3v) is 4.44. The highest BCUT2D eigenvalue weighted by atomic mass is 32.2. The maximum absolute atomic E-state index is 11.9.